The number of piperidine rings is 1. The van der Waals surface area contributed by atoms with Crippen LogP contribution in [0.1, 0.15) is 55.4 Å². The predicted octanol–water partition coefficient (Wildman–Crippen LogP) is 2.99. The van der Waals surface area contributed by atoms with Crippen LogP contribution in [0.15, 0.2) is 18.2 Å². The van der Waals surface area contributed by atoms with Gasteiger partial charge in [-0.25, -0.2) is 9.78 Å². The molecule has 0 unspecified atom stereocenters. The van der Waals surface area contributed by atoms with E-state index in [1.54, 1.807) is 6.07 Å². The van der Waals surface area contributed by atoms with Crippen molar-refractivity contribution in [1.82, 2.24) is 9.88 Å². The Hall–Kier alpha value is -1.62. The maximum absolute atomic E-state index is 11.0. The molecule has 0 amide bonds. The summed E-state index contributed by atoms with van der Waals surface area (Å²) in [4.78, 5) is 17.8. The number of aromatic carboxylic acids is 1. The zero-order valence-electron chi connectivity index (χ0n) is 13.0. The van der Waals surface area contributed by atoms with Gasteiger partial charge in [0.1, 0.15) is 5.82 Å². The molecule has 2 heterocycles. The molecular formula is C17H25N3O2. The average molecular weight is 303 g/mol. The van der Waals surface area contributed by atoms with Crippen LogP contribution < -0.4 is 5.32 Å². The Labute approximate surface area is 131 Å². The fourth-order valence-corrected chi connectivity index (χ4v) is 3.70. The first-order valence-electron chi connectivity index (χ1n) is 8.43. The van der Waals surface area contributed by atoms with E-state index in [4.69, 9.17) is 5.11 Å². The molecule has 3 rings (SSSR count). The Morgan fingerprint density at radius 1 is 1.14 bits per heavy atom. The normalized spacial score (nSPS) is 21.6. The number of rotatable bonds is 4. The molecule has 5 heteroatoms. The molecule has 22 heavy (non-hydrogen) atoms. The van der Waals surface area contributed by atoms with Gasteiger partial charge in [-0.05, 0) is 37.8 Å². The highest BCUT2D eigenvalue weighted by Crippen LogP contribution is 2.26. The number of carbonyl (C=O) groups is 1. The number of nitrogens with zero attached hydrogens (tertiary/aromatic N) is 2. The predicted molar refractivity (Wildman–Crippen MR) is 86.3 cm³/mol. The molecule has 1 aromatic heterocycles. The molecule has 1 saturated heterocycles. The molecular weight excluding hydrogens is 278 g/mol. The minimum absolute atomic E-state index is 0.102. The van der Waals surface area contributed by atoms with E-state index in [9.17, 15) is 4.79 Å². The molecule has 0 radical (unpaired) electrons. The van der Waals surface area contributed by atoms with Gasteiger partial charge in [0.25, 0.3) is 0 Å². The van der Waals surface area contributed by atoms with Gasteiger partial charge in [-0.15, -0.1) is 0 Å². The fraction of sp³-hybridized carbons (Fsp3) is 0.647. The van der Waals surface area contributed by atoms with Crippen LogP contribution >= 0.6 is 0 Å². The average Bonchev–Trinajstić information content (AvgIpc) is 2.56. The first-order chi connectivity index (χ1) is 10.7. The highest BCUT2D eigenvalue weighted by atomic mass is 16.4. The zero-order chi connectivity index (χ0) is 15.4. The molecule has 0 atom stereocenters. The van der Waals surface area contributed by atoms with Crippen molar-refractivity contribution in [3.05, 3.63) is 23.9 Å². The first-order valence-corrected chi connectivity index (χ1v) is 8.43. The lowest BCUT2D eigenvalue weighted by atomic mass is 9.92. The summed E-state index contributed by atoms with van der Waals surface area (Å²) in [6.07, 6.45) is 9.11. The summed E-state index contributed by atoms with van der Waals surface area (Å²) < 4.78 is 0. The highest BCUT2D eigenvalue weighted by Gasteiger charge is 2.26. The molecule has 1 aliphatic heterocycles. The van der Waals surface area contributed by atoms with E-state index in [0.717, 1.165) is 32.0 Å². The van der Waals surface area contributed by atoms with Gasteiger partial charge in [-0.3, -0.25) is 0 Å². The molecule has 0 spiro atoms. The second-order valence-corrected chi connectivity index (χ2v) is 6.46. The standard InChI is InChI=1S/C17H25N3O2/c21-17(22)15-7-4-8-16(19-15)18-13-9-11-20(12-10-13)14-5-2-1-3-6-14/h4,7-8,13-14H,1-3,5-6,9-12H2,(H,18,19)(H,21,22). The van der Waals surface area contributed by atoms with Crippen LogP contribution in [0.5, 0.6) is 0 Å². The van der Waals surface area contributed by atoms with E-state index in [0.29, 0.717) is 11.9 Å². The number of likely N-dealkylation sites (tertiary alicyclic amines) is 1. The van der Waals surface area contributed by atoms with Gasteiger partial charge in [-0.1, -0.05) is 25.3 Å². The summed E-state index contributed by atoms with van der Waals surface area (Å²) in [6, 6.07) is 6.31. The SMILES string of the molecule is O=C(O)c1cccc(NC2CCN(C3CCCCC3)CC2)n1. The summed E-state index contributed by atoms with van der Waals surface area (Å²) >= 11 is 0. The first kappa shape index (κ1) is 15.3. The maximum Gasteiger partial charge on any atom is 0.354 e. The van der Waals surface area contributed by atoms with Gasteiger partial charge in [0.15, 0.2) is 5.69 Å². The van der Waals surface area contributed by atoms with Crippen LogP contribution in [-0.4, -0.2) is 46.1 Å². The summed E-state index contributed by atoms with van der Waals surface area (Å²) in [5.41, 5.74) is 0.102. The van der Waals surface area contributed by atoms with Crippen LogP contribution in [0.2, 0.25) is 0 Å². The van der Waals surface area contributed by atoms with Crippen molar-refractivity contribution in [3.8, 4) is 0 Å². The second kappa shape index (κ2) is 7.09. The number of carboxylic acids is 1. The summed E-state index contributed by atoms with van der Waals surface area (Å²) in [7, 11) is 0. The number of hydrogen-bond acceptors (Lipinski definition) is 4. The van der Waals surface area contributed by atoms with Crippen molar-refractivity contribution < 1.29 is 9.90 Å². The van der Waals surface area contributed by atoms with E-state index in [1.165, 1.54) is 38.2 Å². The quantitative estimate of drug-likeness (QED) is 0.895. The topological polar surface area (TPSA) is 65.5 Å². The highest BCUT2D eigenvalue weighted by molar-refractivity contribution is 5.85. The van der Waals surface area contributed by atoms with Crippen molar-refractivity contribution >= 4 is 11.8 Å². The van der Waals surface area contributed by atoms with Crippen LogP contribution in [0.4, 0.5) is 5.82 Å². The zero-order valence-corrected chi connectivity index (χ0v) is 13.0. The molecule has 120 valence electrons. The fourth-order valence-electron chi connectivity index (χ4n) is 3.70. The Balaban J connectivity index is 1.51. The van der Waals surface area contributed by atoms with E-state index >= 15 is 0 Å². The summed E-state index contributed by atoms with van der Waals surface area (Å²) in [5, 5.41) is 12.4. The third kappa shape index (κ3) is 3.77. The molecule has 1 aliphatic carbocycles. The Morgan fingerprint density at radius 3 is 2.55 bits per heavy atom. The number of nitrogens with one attached hydrogen (secondary N) is 1. The van der Waals surface area contributed by atoms with E-state index in [-0.39, 0.29) is 5.69 Å². The monoisotopic (exact) mass is 303 g/mol. The lowest BCUT2D eigenvalue weighted by molar-refractivity contribution is 0.0690. The molecule has 0 aromatic carbocycles. The lowest BCUT2D eigenvalue weighted by Gasteiger charge is -2.39. The van der Waals surface area contributed by atoms with Crippen LogP contribution in [0.3, 0.4) is 0 Å². The van der Waals surface area contributed by atoms with Crippen LogP contribution in [-0.2, 0) is 0 Å². The van der Waals surface area contributed by atoms with Crippen LogP contribution in [0, 0.1) is 0 Å². The van der Waals surface area contributed by atoms with Crippen molar-refractivity contribution in [2.45, 2.75) is 57.0 Å². The number of carboxylic acid groups (broad SMARTS) is 1. The van der Waals surface area contributed by atoms with E-state index in [1.807, 2.05) is 6.07 Å². The van der Waals surface area contributed by atoms with Gasteiger partial charge in [0.05, 0.1) is 0 Å². The van der Waals surface area contributed by atoms with Gasteiger partial charge in [0.2, 0.25) is 0 Å². The number of anilines is 1. The molecule has 2 N–H and O–H groups in total. The minimum atomic E-state index is -0.976. The van der Waals surface area contributed by atoms with Crippen LogP contribution in [0.25, 0.3) is 0 Å². The number of hydrogen-bond donors (Lipinski definition) is 2. The van der Waals surface area contributed by atoms with Crippen molar-refractivity contribution in [3.63, 3.8) is 0 Å². The van der Waals surface area contributed by atoms with E-state index < -0.39 is 5.97 Å². The van der Waals surface area contributed by atoms with Gasteiger partial charge >= 0.3 is 5.97 Å². The third-order valence-electron chi connectivity index (χ3n) is 4.94. The largest absolute Gasteiger partial charge is 0.477 e. The Kier molecular flexibility index (Phi) is 4.93. The minimum Gasteiger partial charge on any atom is -0.477 e. The molecule has 2 fully saturated rings. The second-order valence-electron chi connectivity index (χ2n) is 6.46. The van der Waals surface area contributed by atoms with Gasteiger partial charge in [-0.2, -0.15) is 0 Å². The van der Waals surface area contributed by atoms with Gasteiger partial charge in [0, 0.05) is 25.2 Å². The van der Waals surface area contributed by atoms with Crippen molar-refractivity contribution in [1.29, 1.82) is 0 Å². The Bertz CT molecular complexity index is 506. The molecule has 1 aromatic rings. The molecule has 1 saturated carbocycles. The summed E-state index contributed by atoms with van der Waals surface area (Å²) in [6.45, 7) is 2.28. The molecule has 5 nitrogen and oxygen atoms in total. The third-order valence-corrected chi connectivity index (χ3v) is 4.94. The lowest BCUT2D eigenvalue weighted by Crippen LogP contribution is -2.45. The summed E-state index contributed by atoms with van der Waals surface area (Å²) in [5.74, 6) is -0.299. The van der Waals surface area contributed by atoms with Gasteiger partial charge < -0.3 is 15.3 Å². The molecule has 0 bridgehead atoms. The van der Waals surface area contributed by atoms with Crippen molar-refractivity contribution in [2.24, 2.45) is 0 Å². The smallest absolute Gasteiger partial charge is 0.354 e. The number of pyridine rings is 1. The maximum atomic E-state index is 11.0. The van der Waals surface area contributed by atoms with E-state index in [2.05, 4.69) is 15.2 Å². The number of aromatic nitrogens is 1. The molecule has 2 aliphatic rings. The van der Waals surface area contributed by atoms with Crippen molar-refractivity contribution in [2.75, 3.05) is 18.4 Å². The Morgan fingerprint density at radius 2 is 1.86 bits per heavy atom.